The molecular weight excluding hydrogens is 348 g/mol. The summed E-state index contributed by atoms with van der Waals surface area (Å²) in [6.45, 7) is 0.734. The quantitative estimate of drug-likeness (QED) is 0.530. The van der Waals surface area contributed by atoms with E-state index in [0.29, 0.717) is 18.1 Å². The van der Waals surface area contributed by atoms with Crippen molar-refractivity contribution in [1.82, 2.24) is 19.6 Å². The van der Waals surface area contributed by atoms with Gasteiger partial charge in [0.2, 0.25) is 22.2 Å². The summed E-state index contributed by atoms with van der Waals surface area (Å²) in [6, 6.07) is 3.03. The molecule has 10 nitrogen and oxygen atoms in total. The van der Waals surface area contributed by atoms with Gasteiger partial charge in [0.25, 0.3) is 0 Å². The first-order chi connectivity index (χ1) is 11.0. The molecule has 0 aromatic carbocycles. The van der Waals surface area contributed by atoms with Crippen LogP contribution in [-0.4, -0.2) is 63.1 Å². The average molecular weight is 366 g/mol. The number of aliphatic hydroxyl groups excluding tert-OH is 2. The number of hydrogen-bond donors (Lipinski definition) is 3. The molecule has 0 aliphatic carbocycles. The summed E-state index contributed by atoms with van der Waals surface area (Å²) >= 11 is -3.51. The van der Waals surface area contributed by atoms with E-state index >= 15 is 0 Å². The zero-order valence-corrected chi connectivity index (χ0v) is 13.9. The lowest BCUT2D eigenvalue weighted by atomic mass is 10.7. The van der Waals surface area contributed by atoms with Crippen molar-refractivity contribution in [3.63, 3.8) is 0 Å². The maximum absolute atomic E-state index is 11.0. The summed E-state index contributed by atoms with van der Waals surface area (Å²) in [5, 5.41) is 25.1. The molecule has 3 N–H and O–H groups in total. The van der Waals surface area contributed by atoms with Gasteiger partial charge in [-0.3, -0.25) is 13.5 Å². The Morgan fingerprint density at radius 2 is 1.52 bits per heavy atom. The van der Waals surface area contributed by atoms with Crippen LogP contribution in [0.4, 0.5) is 0 Å². The molecule has 2 rings (SSSR count). The Balaban J connectivity index is 0.000000231. The lowest BCUT2D eigenvalue weighted by Crippen LogP contribution is -2.03. The highest BCUT2D eigenvalue weighted by atomic mass is 32.2. The summed E-state index contributed by atoms with van der Waals surface area (Å²) in [5.74, 6) is 0. The van der Waals surface area contributed by atoms with Crippen LogP contribution in [-0.2, 0) is 39.4 Å². The highest BCUT2D eigenvalue weighted by Gasteiger charge is 2.05. The molecule has 2 aromatic rings. The molecule has 0 radical (unpaired) electrons. The summed E-state index contributed by atoms with van der Waals surface area (Å²) in [5.41, 5.74) is 0. The van der Waals surface area contributed by atoms with Crippen molar-refractivity contribution in [3.8, 4) is 0 Å². The second kappa shape index (κ2) is 10.4. The smallest absolute Gasteiger partial charge is 0.209 e. The first-order valence-electron chi connectivity index (χ1n) is 6.37. The molecule has 0 aliphatic heterocycles. The van der Waals surface area contributed by atoms with Crippen LogP contribution >= 0.6 is 0 Å². The molecule has 0 saturated heterocycles. The first kappa shape index (κ1) is 19.6. The van der Waals surface area contributed by atoms with E-state index in [2.05, 4.69) is 14.4 Å². The van der Waals surface area contributed by atoms with Crippen LogP contribution in [0, 0.1) is 0 Å². The van der Waals surface area contributed by atoms with Gasteiger partial charge in [-0.1, -0.05) is 0 Å². The monoisotopic (exact) mass is 366 g/mol. The van der Waals surface area contributed by atoms with Crippen LogP contribution in [0.25, 0.3) is 0 Å². The van der Waals surface area contributed by atoms with Gasteiger partial charge in [-0.25, -0.2) is 8.42 Å². The van der Waals surface area contributed by atoms with Crippen molar-refractivity contribution in [1.29, 1.82) is 0 Å². The molecular formula is C11H18N4O6S2. The number of aliphatic hydroxyl groups is 2. The molecule has 0 fully saturated rings. The van der Waals surface area contributed by atoms with Gasteiger partial charge in [0, 0.05) is 12.4 Å². The second-order valence-electron chi connectivity index (χ2n) is 3.93. The normalized spacial score (nSPS) is 13.2. The first-order valence-corrected chi connectivity index (χ1v) is 8.55. The molecule has 12 heteroatoms. The Hall–Kier alpha value is -1.44. The lowest BCUT2D eigenvalue weighted by molar-refractivity contribution is 0.268. The van der Waals surface area contributed by atoms with Gasteiger partial charge >= 0.3 is 0 Å². The molecule has 2 heterocycles. The minimum absolute atomic E-state index is 0.0146. The number of nitrogens with zero attached hydrogens (tertiary/aromatic N) is 4. The van der Waals surface area contributed by atoms with E-state index in [9.17, 15) is 8.42 Å². The molecule has 2 atom stereocenters. The van der Waals surface area contributed by atoms with Crippen molar-refractivity contribution < 1.29 is 27.4 Å². The topological polar surface area (TPSA) is 140 Å². The fourth-order valence-electron chi connectivity index (χ4n) is 1.41. The maximum atomic E-state index is 11.0. The van der Waals surface area contributed by atoms with E-state index in [-0.39, 0.29) is 18.2 Å². The van der Waals surface area contributed by atoms with Gasteiger partial charge in [-0.15, -0.1) is 0 Å². The third-order valence-corrected chi connectivity index (χ3v) is 3.83. The second-order valence-corrected chi connectivity index (χ2v) is 6.07. The minimum Gasteiger partial charge on any atom is -0.394 e. The van der Waals surface area contributed by atoms with Gasteiger partial charge in [0.1, 0.15) is 0 Å². The van der Waals surface area contributed by atoms with E-state index in [1.54, 1.807) is 18.5 Å². The highest BCUT2D eigenvalue weighted by molar-refractivity contribution is 7.80. The van der Waals surface area contributed by atoms with Gasteiger partial charge in [0.05, 0.1) is 33.4 Å². The SMILES string of the molecule is COS(=O)c1ccn(CCO)n1.O=S(O)c1ccn(CCO)n1. The standard InChI is InChI=1S/C6H10N2O3S.C5H8N2O3S/c1-11-12(10)6-2-3-8(7-6)4-5-9;8-4-3-7-2-1-5(6-7)11(9)10/h2-3,9H,4-5H2,1H3;1-2,8H,3-4H2,(H,9,10). The molecule has 0 aliphatic rings. The third-order valence-electron chi connectivity index (χ3n) is 2.39. The van der Waals surface area contributed by atoms with E-state index in [4.69, 9.17) is 14.8 Å². The van der Waals surface area contributed by atoms with Crippen molar-refractivity contribution in [2.75, 3.05) is 20.3 Å². The molecule has 0 saturated carbocycles. The van der Waals surface area contributed by atoms with Crippen LogP contribution in [0.5, 0.6) is 0 Å². The summed E-state index contributed by atoms with van der Waals surface area (Å²) in [7, 11) is 1.35. The fourth-order valence-corrected chi connectivity index (χ4v) is 2.27. The summed E-state index contributed by atoms with van der Waals surface area (Å²) < 4.78 is 37.4. The van der Waals surface area contributed by atoms with Gasteiger partial charge < -0.3 is 14.8 Å². The van der Waals surface area contributed by atoms with Crippen LogP contribution < -0.4 is 0 Å². The Kier molecular flexibility index (Phi) is 8.83. The van der Waals surface area contributed by atoms with Crippen LogP contribution in [0.1, 0.15) is 0 Å². The summed E-state index contributed by atoms with van der Waals surface area (Å²) in [6.07, 6.45) is 3.18. The summed E-state index contributed by atoms with van der Waals surface area (Å²) in [4.78, 5) is 0. The Morgan fingerprint density at radius 1 is 1.04 bits per heavy atom. The van der Waals surface area contributed by atoms with Gasteiger partial charge in [0.15, 0.2) is 10.1 Å². The average Bonchev–Trinajstić information content (AvgIpc) is 3.17. The predicted molar refractivity (Wildman–Crippen MR) is 81.1 cm³/mol. The third kappa shape index (κ3) is 6.68. The minimum atomic E-state index is -2.03. The molecule has 2 aromatic heterocycles. The fraction of sp³-hybridized carbons (Fsp3) is 0.455. The largest absolute Gasteiger partial charge is 0.394 e. The van der Waals surface area contributed by atoms with Crippen molar-refractivity contribution in [2.45, 2.75) is 23.1 Å². The van der Waals surface area contributed by atoms with E-state index in [0.717, 1.165) is 0 Å². The van der Waals surface area contributed by atoms with Gasteiger partial charge in [-0.05, 0) is 12.1 Å². The van der Waals surface area contributed by atoms with Crippen LogP contribution in [0.15, 0.2) is 34.6 Å². The van der Waals surface area contributed by atoms with Crippen LogP contribution in [0.2, 0.25) is 0 Å². The van der Waals surface area contributed by atoms with Gasteiger partial charge in [-0.2, -0.15) is 10.2 Å². The Labute approximate surface area is 137 Å². The van der Waals surface area contributed by atoms with Crippen molar-refractivity contribution in [2.24, 2.45) is 0 Å². The maximum Gasteiger partial charge on any atom is 0.209 e. The van der Waals surface area contributed by atoms with Crippen molar-refractivity contribution in [3.05, 3.63) is 24.5 Å². The highest BCUT2D eigenvalue weighted by Crippen LogP contribution is 2.02. The molecule has 23 heavy (non-hydrogen) atoms. The zero-order valence-electron chi connectivity index (χ0n) is 12.3. The number of rotatable bonds is 7. The van der Waals surface area contributed by atoms with E-state index < -0.39 is 22.2 Å². The number of aromatic nitrogens is 4. The molecule has 2 unspecified atom stereocenters. The molecule has 0 bridgehead atoms. The molecule has 0 amide bonds. The molecule has 0 spiro atoms. The molecule has 130 valence electrons. The van der Waals surface area contributed by atoms with Crippen molar-refractivity contribution >= 4 is 22.2 Å². The lowest BCUT2D eigenvalue weighted by Gasteiger charge is -1.95. The van der Waals surface area contributed by atoms with E-state index in [1.807, 2.05) is 0 Å². The predicted octanol–water partition coefficient (Wildman–Crippen LogP) is -1.000. The Bertz CT molecular complexity index is 644. The Morgan fingerprint density at radius 3 is 1.91 bits per heavy atom. The van der Waals surface area contributed by atoms with Crippen LogP contribution in [0.3, 0.4) is 0 Å². The number of hydrogen-bond acceptors (Lipinski definition) is 7. The zero-order chi connectivity index (χ0) is 17.2. The van der Waals surface area contributed by atoms with E-state index in [1.165, 1.54) is 22.5 Å².